The summed E-state index contributed by atoms with van der Waals surface area (Å²) in [6.45, 7) is 4.00. The zero-order valence-electron chi connectivity index (χ0n) is 11.7. The van der Waals surface area contributed by atoms with Gasteiger partial charge in [0.2, 0.25) is 5.91 Å². The number of aliphatic hydroxyl groups is 1. The van der Waals surface area contributed by atoms with Gasteiger partial charge in [0.05, 0.1) is 12.1 Å². The maximum absolute atomic E-state index is 12.3. The van der Waals surface area contributed by atoms with Crippen molar-refractivity contribution in [1.82, 2.24) is 15.1 Å². The Morgan fingerprint density at radius 2 is 2.47 bits per heavy atom. The lowest BCUT2D eigenvalue weighted by molar-refractivity contribution is -0.127. The van der Waals surface area contributed by atoms with E-state index in [0.29, 0.717) is 5.92 Å². The molecule has 1 fully saturated rings. The fraction of sp³-hybridized carbons (Fsp3) is 0.714. The number of aliphatic hydroxyl groups excluding tert-OH is 1. The molecule has 3 unspecified atom stereocenters. The van der Waals surface area contributed by atoms with Gasteiger partial charge in [0.15, 0.2) is 0 Å². The number of nitrogens with zero attached hydrogens (tertiary/aromatic N) is 2. The van der Waals surface area contributed by atoms with Crippen LogP contribution < -0.4 is 5.32 Å². The van der Waals surface area contributed by atoms with Gasteiger partial charge in [0.1, 0.15) is 6.04 Å². The second-order valence-electron chi connectivity index (χ2n) is 5.79. The fourth-order valence-electron chi connectivity index (χ4n) is 2.95. The lowest BCUT2D eigenvalue weighted by Crippen LogP contribution is -2.55. The molecule has 1 aromatic heterocycles. The average Bonchev–Trinajstić information content (AvgIpc) is 2.91. The molecule has 2 rings (SSSR count). The highest BCUT2D eigenvalue weighted by Crippen LogP contribution is 2.32. The van der Waals surface area contributed by atoms with Crippen LogP contribution in [0.15, 0.2) is 18.5 Å². The minimum Gasteiger partial charge on any atom is -0.394 e. The quantitative estimate of drug-likeness (QED) is 0.867. The van der Waals surface area contributed by atoms with Crippen LogP contribution in [0.3, 0.4) is 0 Å². The van der Waals surface area contributed by atoms with Crippen molar-refractivity contribution in [2.45, 2.75) is 51.1 Å². The Bertz CT molecular complexity index is 418. The molecule has 1 aromatic rings. The molecule has 0 saturated heterocycles. The van der Waals surface area contributed by atoms with E-state index in [9.17, 15) is 9.90 Å². The predicted molar refractivity (Wildman–Crippen MR) is 72.5 cm³/mol. The highest BCUT2D eigenvalue weighted by atomic mass is 16.3. The summed E-state index contributed by atoms with van der Waals surface area (Å²) in [6.07, 6.45) is 7.37. The van der Waals surface area contributed by atoms with Crippen LogP contribution in [-0.2, 0) is 4.79 Å². The molecular formula is C14H23N3O2. The monoisotopic (exact) mass is 265 g/mol. The zero-order chi connectivity index (χ0) is 13.9. The normalized spacial score (nSPS) is 28.9. The van der Waals surface area contributed by atoms with Crippen molar-refractivity contribution in [3.63, 3.8) is 0 Å². The molecule has 0 aromatic carbocycles. The fourth-order valence-corrected chi connectivity index (χ4v) is 2.95. The summed E-state index contributed by atoms with van der Waals surface area (Å²) in [6, 6.07) is 1.45. The SMILES string of the molecule is CC1CCCC(CO)(NC(=O)C(C)n2cccn2)C1. The third-order valence-electron chi connectivity index (χ3n) is 4.08. The summed E-state index contributed by atoms with van der Waals surface area (Å²) in [7, 11) is 0. The van der Waals surface area contributed by atoms with Crippen molar-refractivity contribution < 1.29 is 9.90 Å². The maximum Gasteiger partial charge on any atom is 0.245 e. The largest absolute Gasteiger partial charge is 0.394 e. The van der Waals surface area contributed by atoms with Gasteiger partial charge in [0.25, 0.3) is 0 Å². The van der Waals surface area contributed by atoms with E-state index in [2.05, 4.69) is 17.3 Å². The number of nitrogens with one attached hydrogen (secondary N) is 1. The van der Waals surface area contributed by atoms with Crippen LogP contribution in [0, 0.1) is 5.92 Å². The van der Waals surface area contributed by atoms with E-state index in [1.165, 1.54) is 6.42 Å². The number of hydrogen-bond donors (Lipinski definition) is 2. The number of aromatic nitrogens is 2. The van der Waals surface area contributed by atoms with E-state index < -0.39 is 5.54 Å². The Labute approximate surface area is 114 Å². The van der Waals surface area contributed by atoms with Gasteiger partial charge in [-0.2, -0.15) is 5.10 Å². The zero-order valence-corrected chi connectivity index (χ0v) is 11.7. The molecule has 0 aliphatic heterocycles. The molecule has 1 aliphatic carbocycles. The minimum absolute atomic E-state index is 0.00884. The van der Waals surface area contributed by atoms with Gasteiger partial charge < -0.3 is 10.4 Å². The molecular weight excluding hydrogens is 242 g/mol. The van der Waals surface area contributed by atoms with Crippen LogP contribution in [0.2, 0.25) is 0 Å². The predicted octanol–water partition coefficient (Wildman–Crippen LogP) is 1.50. The molecule has 2 N–H and O–H groups in total. The molecule has 3 atom stereocenters. The number of hydrogen-bond acceptors (Lipinski definition) is 3. The number of carbonyl (C=O) groups is 1. The van der Waals surface area contributed by atoms with Crippen LogP contribution in [0.5, 0.6) is 0 Å². The van der Waals surface area contributed by atoms with Gasteiger partial charge >= 0.3 is 0 Å². The molecule has 5 heteroatoms. The Balaban J connectivity index is 2.03. The number of carbonyl (C=O) groups excluding carboxylic acids is 1. The highest BCUT2D eigenvalue weighted by Gasteiger charge is 2.36. The topological polar surface area (TPSA) is 67.2 Å². The molecule has 0 radical (unpaired) electrons. The van der Waals surface area contributed by atoms with Crippen molar-refractivity contribution >= 4 is 5.91 Å². The first-order valence-corrected chi connectivity index (χ1v) is 6.98. The van der Waals surface area contributed by atoms with E-state index >= 15 is 0 Å². The molecule has 0 bridgehead atoms. The second-order valence-corrected chi connectivity index (χ2v) is 5.79. The Morgan fingerprint density at radius 1 is 1.68 bits per heavy atom. The average molecular weight is 265 g/mol. The van der Waals surface area contributed by atoms with Crippen molar-refractivity contribution in [1.29, 1.82) is 0 Å². The van der Waals surface area contributed by atoms with Crippen LogP contribution in [0.1, 0.15) is 45.6 Å². The van der Waals surface area contributed by atoms with Gasteiger partial charge in [0, 0.05) is 12.4 Å². The third-order valence-corrected chi connectivity index (χ3v) is 4.08. The van der Waals surface area contributed by atoms with Crippen LogP contribution in [-0.4, -0.2) is 32.9 Å². The Kier molecular flexibility index (Phi) is 4.24. The summed E-state index contributed by atoms with van der Waals surface area (Å²) in [5.41, 5.74) is -0.448. The smallest absolute Gasteiger partial charge is 0.245 e. The summed E-state index contributed by atoms with van der Waals surface area (Å²) in [5.74, 6) is 0.466. The lowest BCUT2D eigenvalue weighted by Gasteiger charge is -2.40. The van der Waals surface area contributed by atoms with Crippen molar-refractivity contribution in [3.05, 3.63) is 18.5 Å². The van der Waals surface area contributed by atoms with Crippen molar-refractivity contribution in [3.8, 4) is 0 Å². The van der Waals surface area contributed by atoms with Gasteiger partial charge in [-0.15, -0.1) is 0 Å². The molecule has 1 amide bonds. The van der Waals surface area contributed by atoms with Gasteiger partial charge in [-0.1, -0.05) is 19.8 Å². The molecule has 5 nitrogen and oxygen atoms in total. The van der Waals surface area contributed by atoms with Crippen LogP contribution >= 0.6 is 0 Å². The first kappa shape index (κ1) is 14.1. The molecule has 1 aliphatic rings. The van der Waals surface area contributed by atoms with E-state index in [1.54, 1.807) is 23.1 Å². The van der Waals surface area contributed by atoms with Crippen LogP contribution in [0.25, 0.3) is 0 Å². The lowest BCUT2D eigenvalue weighted by atomic mass is 9.76. The Hall–Kier alpha value is -1.36. The molecule has 1 saturated carbocycles. The van der Waals surface area contributed by atoms with Crippen molar-refractivity contribution in [2.75, 3.05) is 6.61 Å². The first-order chi connectivity index (χ1) is 9.06. The van der Waals surface area contributed by atoms with E-state index in [0.717, 1.165) is 19.3 Å². The van der Waals surface area contributed by atoms with Gasteiger partial charge in [-0.25, -0.2) is 0 Å². The van der Waals surface area contributed by atoms with Crippen LogP contribution in [0.4, 0.5) is 0 Å². The Morgan fingerprint density at radius 3 is 3.05 bits per heavy atom. The summed E-state index contributed by atoms with van der Waals surface area (Å²) in [5, 5.41) is 16.8. The van der Waals surface area contributed by atoms with Gasteiger partial charge in [-0.3, -0.25) is 9.48 Å². The first-order valence-electron chi connectivity index (χ1n) is 6.98. The van der Waals surface area contributed by atoms with E-state index in [4.69, 9.17) is 0 Å². The highest BCUT2D eigenvalue weighted by molar-refractivity contribution is 5.80. The van der Waals surface area contributed by atoms with Crippen molar-refractivity contribution in [2.24, 2.45) is 5.92 Å². The standard InChI is InChI=1S/C14H23N3O2/c1-11-5-3-6-14(9-11,10-18)16-13(19)12(2)17-8-4-7-15-17/h4,7-8,11-12,18H,3,5-6,9-10H2,1-2H3,(H,16,19). The second kappa shape index (κ2) is 5.74. The molecule has 19 heavy (non-hydrogen) atoms. The molecule has 106 valence electrons. The number of rotatable bonds is 4. The summed E-state index contributed by atoms with van der Waals surface area (Å²) in [4.78, 5) is 12.3. The van der Waals surface area contributed by atoms with E-state index in [-0.39, 0.29) is 18.6 Å². The molecule has 0 spiro atoms. The number of amides is 1. The third kappa shape index (κ3) is 3.15. The molecule has 1 heterocycles. The minimum atomic E-state index is -0.448. The van der Waals surface area contributed by atoms with E-state index in [1.807, 2.05) is 6.92 Å². The maximum atomic E-state index is 12.3. The van der Waals surface area contributed by atoms with Gasteiger partial charge in [-0.05, 0) is 31.7 Å². The summed E-state index contributed by atoms with van der Waals surface area (Å²) >= 11 is 0. The summed E-state index contributed by atoms with van der Waals surface area (Å²) < 4.78 is 1.63.